The zero-order chi connectivity index (χ0) is 10.0. The van der Waals surface area contributed by atoms with E-state index in [4.69, 9.17) is 9.84 Å². The predicted octanol–water partition coefficient (Wildman–Crippen LogP) is -2.51. The van der Waals surface area contributed by atoms with Crippen molar-refractivity contribution in [3.05, 3.63) is 0 Å². The average molecular weight is 191 g/mol. The fraction of sp³-hybridized carbons (Fsp3) is 0.857. The van der Waals surface area contributed by atoms with E-state index in [2.05, 4.69) is 11.7 Å². The van der Waals surface area contributed by atoms with Crippen molar-refractivity contribution in [3.63, 3.8) is 0 Å². The van der Waals surface area contributed by atoms with E-state index in [1.807, 2.05) is 0 Å². The highest BCUT2D eigenvalue weighted by molar-refractivity contribution is 5.25. The minimum Gasteiger partial charge on any atom is -0.394 e. The lowest BCUT2D eigenvalue weighted by Crippen LogP contribution is -2.57. The Balaban J connectivity index is 2.72. The molecule has 1 heterocycles. The van der Waals surface area contributed by atoms with Crippen molar-refractivity contribution >= 4 is 6.72 Å². The molecule has 0 radical (unpaired) electrons. The molecule has 0 aliphatic carbocycles. The molecule has 3 unspecified atom stereocenters. The SMILES string of the molecule is C=NC1C(O)[C@@H](O)C(CO)O[C@H]1O. The van der Waals surface area contributed by atoms with Crippen LogP contribution in [-0.4, -0.2) is 64.4 Å². The third-order valence-electron chi connectivity index (χ3n) is 2.08. The summed E-state index contributed by atoms with van der Waals surface area (Å²) in [6.07, 6.45) is -4.85. The van der Waals surface area contributed by atoms with Gasteiger partial charge in [0.2, 0.25) is 0 Å². The van der Waals surface area contributed by atoms with E-state index in [1.54, 1.807) is 0 Å². The molecular weight excluding hydrogens is 178 g/mol. The van der Waals surface area contributed by atoms with Gasteiger partial charge in [0, 0.05) is 0 Å². The van der Waals surface area contributed by atoms with Crippen LogP contribution < -0.4 is 0 Å². The Kier molecular flexibility index (Phi) is 3.34. The third-order valence-corrected chi connectivity index (χ3v) is 2.08. The number of aliphatic imine (C=N–C) groups is 1. The van der Waals surface area contributed by atoms with E-state index < -0.39 is 37.3 Å². The highest BCUT2D eigenvalue weighted by atomic mass is 16.6. The molecule has 5 atom stereocenters. The largest absolute Gasteiger partial charge is 0.394 e. The van der Waals surface area contributed by atoms with E-state index >= 15 is 0 Å². The number of nitrogens with zero attached hydrogens (tertiary/aromatic N) is 1. The Morgan fingerprint density at radius 3 is 2.31 bits per heavy atom. The van der Waals surface area contributed by atoms with Crippen LogP contribution in [0.15, 0.2) is 4.99 Å². The standard InChI is InChI=1S/C7H13NO5/c1-8-4-6(11)5(10)3(2-9)13-7(4)12/h3-7,9-12H,1-2H2/t3?,4?,5-,6?,7+/m0/s1. The van der Waals surface area contributed by atoms with Gasteiger partial charge in [0.1, 0.15) is 24.4 Å². The van der Waals surface area contributed by atoms with Crippen molar-refractivity contribution in [1.82, 2.24) is 0 Å². The van der Waals surface area contributed by atoms with Crippen LogP contribution in [-0.2, 0) is 4.74 Å². The van der Waals surface area contributed by atoms with Crippen molar-refractivity contribution in [3.8, 4) is 0 Å². The van der Waals surface area contributed by atoms with Crippen LogP contribution >= 0.6 is 0 Å². The zero-order valence-corrected chi connectivity index (χ0v) is 6.95. The number of hydrogen-bond acceptors (Lipinski definition) is 6. The maximum atomic E-state index is 9.37. The lowest BCUT2D eigenvalue weighted by Gasteiger charge is -2.37. The second-order valence-corrected chi connectivity index (χ2v) is 2.90. The topological polar surface area (TPSA) is 103 Å². The number of aliphatic hydroxyl groups excluding tert-OH is 4. The van der Waals surface area contributed by atoms with E-state index in [-0.39, 0.29) is 0 Å². The molecular formula is C7H13NO5. The first-order valence-corrected chi connectivity index (χ1v) is 3.88. The Bertz CT molecular complexity index is 188. The summed E-state index contributed by atoms with van der Waals surface area (Å²) >= 11 is 0. The van der Waals surface area contributed by atoms with Gasteiger partial charge >= 0.3 is 0 Å². The number of aliphatic hydroxyl groups is 4. The molecule has 1 aliphatic rings. The lowest BCUT2D eigenvalue weighted by molar-refractivity contribution is -0.248. The Labute approximate surface area is 75.1 Å². The quantitative estimate of drug-likeness (QED) is 0.361. The van der Waals surface area contributed by atoms with Crippen LogP contribution in [0.5, 0.6) is 0 Å². The van der Waals surface area contributed by atoms with E-state index in [1.165, 1.54) is 0 Å². The third kappa shape index (κ3) is 1.87. The maximum absolute atomic E-state index is 9.37. The molecule has 0 spiro atoms. The normalized spacial score (nSPS) is 46.0. The van der Waals surface area contributed by atoms with Gasteiger partial charge in [0.05, 0.1) is 6.61 Å². The molecule has 76 valence electrons. The molecule has 0 saturated carbocycles. The first-order valence-electron chi connectivity index (χ1n) is 3.88. The van der Waals surface area contributed by atoms with Gasteiger partial charge in [-0.25, -0.2) is 0 Å². The van der Waals surface area contributed by atoms with Crippen molar-refractivity contribution < 1.29 is 25.2 Å². The molecule has 0 aromatic carbocycles. The molecule has 1 fully saturated rings. The highest BCUT2D eigenvalue weighted by Gasteiger charge is 2.42. The van der Waals surface area contributed by atoms with Crippen LogP contribution in [0.25, 0.3) is 0 Å². The fourth-order valence-electron chi connectivity index (χ4n) is 1.28. The van der Waals surface area contributed by atoms with Gasteiger partial charge in [0.15, 0.2) is 6.29 Å². The van der Waals surface area contributed by atoms with Crippen LogP contribution in [0, 0.1) is 0 Å². The molecule has 1 rings (SSSR count). The summed E-state index contributed by atoms with van der Waals surface area (Å²) in [5.41, 5.74) is 0. The van der Waals surface area contributed by atoms with Crippen molar-refractivity contribution in [2.24, 2.45) is 4.99 Å². The summed E-state index contributed by atoms with van der Waals surface area (Å²) < 4.78 is 4.78. The van der Waals surface area contributed by atoms with E-state index in [9.17, 15) is 15.3 Å². The van der Waals surface area contributed by atoms with Crippen LogP contribution in [0.4, 0.5) is 0 Å². The molecule has 4 N–H and O–H groups in total. The van der Waals surface area contributed by atoms with Gasteiger partial charge in [-0.05, 0) is 6.72 Å². The Morgan fingerprint density at radius 1 is 1.23 bits per heavy atom. The second kappa shape index (κ2) is 4.12. The second-order valence-electron chi connectivity index (χ2n) is 2.90. The Hall–Kier alpha value is -0.530. The van der Waals surface area contributed by atoms with Gasteiger partial charge in [0.25, 0.3) is 0 Å². The van der Waals surface area contributed by atoms with Gasteiger partial charge in [-0.2, -0.15) is 0 Å². The van der Waals surface area contributed by atoms with Gasteiger partial charge in [-0.3, -0.25) is 4.99 Å². The molecule has 6 heteroatoms. The number of hydrogen-bond donors (Lipinski definition) is 4. The summed E-state index contributed by atoms with van der Waals surface area (Å²) in [4.78, 5) is 3.41. The fourth-order valence-corrected chi connectivity index (χ4v) is 1.28. The first-order chi connectivity index (χ1) is 6.11. The van der Waals surface area contributed by atoms with Crippen molar-refractivity contribution in [2.45, 2.75) is 30.6 Å². The monoisotopic (exact) mass is 191 g/mol. The predicted molar refractivity (Wildman–Crippen MR) is 43.3 cm³/mol. The molecule has 0 aromatic heterocycles. The first kappa shape index (κ1) is 10.6. The summed E-state index contributed by atoms with van der Waals surface area (Å²) in [5, 5.41) is 36.6. The molecule has 6 nitrogen and oxygen atoms in total. The lowest BCUT2D eigenvalue weighted by atomic mass is 9.98. The van der Waals surface area contributed by atoms with Gasteiger partial charge < -0.3 is 25.2 Å². The Morgan fingerprint density at radius 2 is 1.85 bits per heavy atom. The molecule has 1 saturated heterocycles. The van der Waals surface area contributed by atoms with Gasteiger partial charge in [-0.15, -0.1) is 0 Å². The summed E-state index contributed by atoms with van der Waals surface area (Å²) in [7, 11) is 0. The summed E-state index contributed by atoms with van der Waals surface area (Å²) in [6, 6.07) is -0.974. The molecule has 0 bridgehead atoms. The average Bonchev–Trinajstić information content (AvgIpc) is 2.12. The smallest absolute Gasteiger partial charge is 0.180 e. The maximum Gasteiger partial charge on any atom is 0.180 e. The highest BCUT2D eigenvalue weighted by Crippen LogP contribution is 2.21. The van der Waals surface area contributed by atoms with E-state index in [0.29, 0.717) is 0 Å². The number of rotatable bonds is 2. The van der Waals surface area contributed by atoms with Crippen LogP contribution in [0.3, 0.4) is 0 Å². The molecule has 0 aromatic rings. The van der Waals surface area contributed by atoms with Crippen LogP contribution in [0.2, 0.25) is 0 Å². The van der Waals surface area contributed by atoms with Crippen molar-refractivity contribution in [2.75, 3.05) is 6.61 Å². The van der Waals surface area contributed by atoms with Crippen LogP contribution in [0.1, 0.15) is 0 Å². The molecule has 0 amide bonds. The molecule has 1 aliphatic heterocycles. The number of ether oxygens (including phenoxy) is 1. The van der Waals surface area contributed by atoms with E-state index in [0.717, 1.165) is 0 Å². The molecule has 13 heavy (non-hydrogen) atoms. The summed E-state index contributed by atoms with van der Waals surface area (Å²) in [5.74, 6) is 0. The minimum atomic E-state index is -1.34. The van der Waals surface area contributed by atoms with Crippen molar-refractivity contribution in [1.29, 1.82) is 0 Å². The van der Waals surface area contributed by atoms with Gasteiger partial charge in [-0.1, -0.05) is 0 Å². The minimum absolute atomic E-state index is 0.473. The summed E-state index contributed by atoms with van der Waals surface area (Å²) in [6.45, 7) is 2.67. The zero-order valence-electron chi connectivity index (χ0n) is 6.95.